The first-order valence-corrected chi connectivity index (χ1v) is 13.6. The number of nitriles is 1. The molecule has 3 atom stereocenters. The second kappa shape index (κ2) is 12.0. The van der Waals surface area contributed by atoms with Gasteiger partial charge >= 0.3 is 5.97 Å². The minimum atomic E-state index is -0.519. The second-order valence-electron chi connectivity index (χ2n) is 11.1. The first-order chi connectivity index (χ1) is 16.1. The summed E-state index contributed by atoms with van der Waals surface area (Å²) in [7, 11) is 0. The van der Waals surface area contributed by atoms with E-state index in [0.29, 0.717) is 17.8 Å². The van der Waals surface area contributed by atoms with Crippen molar-refractivity contribution in [2.75, 3.05) is 19.6 Å². The van der Waals surface area contributed by atoms with Gasteiger partial charge in [0.2, 0.25) is 0 Å². The van der Waals surface area contributed by atoms with Crippen molar-refractivity contribution in [1.82, 2.24) is 4.90 Å². The highest BCUT2D eigenvalue weighted by molar-refractivity contribution is 5.70. The van der Waals surface area contributed by atoms with Crippen molar-refractivity contribution in [1.29, 1.82) is 5.26 Å². The van der Waals surface area contributed by atoms with E-state index in [9.17, 15) is 9.90 Å². The van der Waals surface area contributed by atoms with Gasteiger partial charge in [0.15, 0.2) is 0 Å². The number of carbonyl (C=O) groups is 1. The molecule has 1 aromatic rings. The maximum atomic E-state index is 12.1. The van der Waals surface area contributed by atoms with Crippen LogP contribution in [-0.2, 0) is 11.2 Å². The third-order valence-corrected chi connectivity index (χ3v) is 8.92. The van der Waals surface area contributed by atoms with E-state index in [-0.39, 0.29) is 5.92 Å². The third kappa shape index (κ3) is 6.82. The summed E-state index contributed by atoms with van der Waals surface area (Å²) in [5.41, 5.74) is 2.09. The molecule has 0 bridgehead atoms. The lowest BCUT2D eigenvalue weighted by atomic mass is 9.73. The van der Waals surface area contributed by atoms with Gasteiger partial charge in [-0.25, -0.2) is 0 Å². The summed E-state index contributed by atoms with van der Waals surface area (Å²) in [6.45, 7) is 3.62. The van der Waals surface area contributed by atoms with Crippen molar-refractivity contribution in [3.8, 4) is 6.07 Å². The van der Waals surface area contributed by atoms with Crippen LogP contribution >= 0.6 is 0 Å². The van der Waals surface area contributed by atoms with Crippen LogP contribution in [0.4, 0.5) is 0 Å². The molecule has 1 aliphatic heterocycles. The Labute approximate surface area is 200 Å². The van der Waals surface area contributed by atoms with Gasteiger partial charge in [-0.3, -0.25) is 4.79 Å². The average Bonchev–Trinajstić information content (AvgIpc) is 3.29. The number of carboxylic acid groups (broad SMARTS) is 1. The lowest BCUT2D eigenvalue weighted by molar-refractivity contribution is -0.146. The molecule has 4 rings (SSSR count). The van der Waals surface area contributed by atoms with Crippen LogP contribution in [0.5, 0.6) is 0 Å². The summed E-state index contributed by atoms with van der Waals surface area (Å²) in [4.78, 5) is 14.8. The fourth-order valence-electron chi connectivity index (χ4n) is 7.05. The lowest BCUT2D eigenvalue weighted by Crippen LogP contribution is -2.37. The van der Waals surface area contributed by atoms with Gasteiger partial charge in [0.1, 0.15) is 0 Å². The fraction of sp³-hybridized carbons (Fsp3) is 0.724. The first kappa shape index (κ1) is 24.3. The molecule has 0 radical (unpaired) electrons. The van der Waals surface area contributed by atoms with Crippen LogP contribution in [0.25, 0.3) is 0 Å². The van der Waals surface area contributed by atoms with E-state index in [2.05, 4.69) is 23.1 Å². The molecule has 0 aromatic heterocycles. The molecule has 2 aliphatic carbocycles. The molecule has 3 fully saturated rings. The van der Waals surface area contributed by atoms with Gasteiger partial charge in [0, 0.05) is 6.54 Å². The Morgan fingerprint density at radius 1 is 0.970 bits per heavy atom. The number of aryl methyl sites for hydroxylation is 1. The van der Waals surface area contributed by atoms with Gasteiger partial charge in [-0.05, 0) is 112 Å². The van der Waals surface area contributed by atoms with Crippen LogP contribution in [0.15, 0.2) is 24.3 Å². The Morgan fingerprint density at radius 3 is 2.36 bits per heavy atom. The van der Waals surface area contributed by atoms with Gasteiger partial charge in [0.25, 0.3) is 0 Å². The largest absolute Gasteiger partial charge is 0.481 e. The van der Waals surface area contributed by atoms with Gasteiger partial charge in [-0.2, -0.15) is 5.26 Å². The van der Waals surface area contributed by atoms with Crippen LogP contribution < -0.4 is 0 Å². The summed E-state index contributed by atoms with van der Waals surface area (Å²) < 4.78 is 0. The van der Waals surface area contributed by atoms with Crippen LogP contribution in [0.2, 0.25) is 0 Å². The van der Waals surface area contributed by atoms with Crippen LogP contribution in [-0.4, -0.2) is 35.6 Å². The Kier molecular flexibility index (Phi) is 8.84. The molecule has 2 saturated carbocycles. The summed E-state index contributed by atoms with van der Waals surface area (Å²) in [6, 6.07) is 10.2. The van der Waals surface area contributed by atoms with Crippen molar-refractivity contribution in [2.24, 2.45) is 29.6 Å². The average molecular weight is 451 g/mol. The van der Waals surface area contributed by atoms with E-state index in [1.807, 2.05) is 12.1 Å². The number of nitrogens with zero attached hydrogens (tertiary/aromatic N) is 2. The molecule has 3 unspecified atom stereocenters. The minimum Gasteiger partial charge on any atom is -0.481 e. The summed E-state index contributed by atoms with van der Waals surface area (Å²) in [6.07, 6.45) is 15.8. The summed E-state index contributed by atoms with van der Waals surface area (Å²) >= 11 is 0. The quantitative estimate of drug-likeness (QED) is 0.480. The Morgan fingerprint density at radius 2 is 1.70 bits per heavy atom. The van der Waals surface area contributed by atoms with Crippen molar-refractivity contribution < 1.29 is 9.90 Å². The number of hydrogen-bond acceptors (Lipinski definition) is 3. The van der Waals surface area contributed by atoms with E-state index in [4.69, 9.17) is 5.26 Å². The highest BCUT2D eigenvalue weighted by Gasteiger charge is 2.40. The van der Waals surface area contributed by atoms with Crippen molar-refractivity contribution in [3.63, 3.8) is 0 Å². The molecular formula is C29H42N2O2. The Hall–Kier alpha value is -1.86. The number of piperidine rings is 1. The highest BCUT2D eigenvalue weighted by atomic mass is 16.4. The van der Waals surface area contributed by atoms with Gasteiger partial charge in [0.05, 0.1) is 17.6 Å². The second-order valence-corrected chi connectivity index (χ2v) is 11.1. The fourth-order valence-corrected chi connectivity index (χ4v) is 7.05. The molecule has 0 spiro atoms. The predicted octanol–water partition coefficient (Wildman–Crippen LogP) is 6.29. The zero-order valence-corrected chi connectivity index (χ0v) is 20.3. The molecule has 1 N–H and O–H groups in total. The molecule has 4 heteroatoms. The Bertz CT molecular complexity index is 785. The zero-order valence-electron chi connectivity index (χ0n) is 20.3. The van der Waals surface area contributed by atoms with Crippen LogP contribution in [0.3, 0.4) is 0 Å². The molecule has 1 heterocycles. The van der Waals surface area contributed by atoms with Gasteiger partial charge in [-0.1, -0.05) is 37.8 Å². The summed E-state index contributed by atoms with van der Waals surface area (Å²) in [5, 5.41) is 18.9. The predicted molar refractivity (Wildman–Crippen MR) is 132 cm³/mol. The van der Waals surface area contributed by atoms with Crippen molar-refractivity contribution in [2.45, 2.75) is 83.5 Å². The summed E-state index contributed by atoms with van der Waals surface area (Å²) in [5.74, 6) is 1.79. The third-order valence-electron chi connectivity index (χ3n) is 8.92. The maximum absolute atomic E-state index is 12.1. The van der Waals surface area contributed by atoms with E-state index in [0.717, 1.165) is 43.6 Å². The number of benzene rings is 1. The topological polar surface area (TPSA) is 64.3 Å². The van der Waals surface area contributed by atoms with E-state index in [1.165, 1.54) is 76.6 Å². The van der Waals surface area contributed by atoms with Gasteiger partial charge < -0.3 is 10.0 Å². The van der Waals surface area contributed by atoms with E-state index in [1.54, 1.807) is 0 Å². The number of aliphatic carboxylic acids is 1. The monoisotopic (exact) mass is 450 g/mol. The first-order valence-electron chi connectivity index (χ1n) is 13.6. The molecule has 33 heavy (non-hydrogen) atoms. The maximum Gasteiger partial charge on any atom is 0.307 e. The standard InChI is InChI=1S/C29H42N2O2/c30-20-24-11-9-22(10-12-24)5-4-6-23-15-17-31(18-16-23)21-25-13-14-27(19-25)28(29(32)33)26-7-2-1-3-8-26/h9-12,23,25-28H,1-8,13-19,21H2,(H,32,33). The highest BCUT2D eigenvalue weighted by Crippen LogP contribution is 2.43. The SMILES string of the molecule is N#Cc1ccc(CCCC2CCN(CC3CCC(C(C(=O)O)C4CCCCC4)C3)CC2)cc1. The Balaban J connectivity index is 1.15. The molecule has 4 nitrogen and oxygen atoms in total. The molecule has 0 amide bonds. The smallest absolute Gasteiger partial charge is 0.307 e. The van der Waals surface area contributed by atoms with E-state index < -0.39 is 5.97 Å². The number of likely N-dealkylation sites (tertiary alicyclic amines) is 1. The molecule has 1 aromatic carbocycles. The molecule has 180 valence electrons. The number of carboxylic acids is 1. The van der Waals surface area contributed by atoms with Crippen molar-refractivity contribution in [3.05, 3.63) is 35.4 Å². The van der Waals surface area contributed by atoms with Gasteiger partial charge in [-0.15, -0.1) is 0 Å². The van der Waals surface area contributed by atoms with Crippen molar-refractivity contribution >= 4 is 5.97 Å². The molecular weight excluding hydrogens is 408 g/mol. The zero-order chi connectivity index (χ0) is 23.0. The lowest BCUT2D eigenvalue weighted by Gasteiger charge is -2.34. The molecule has 1 saturated heterocycles. The van der Waals surface area contributed by atoms with E-state index >= 15 is 0 Å². The normalized spacial score (nSPS) is 26.2. The van der Waals surface area contributed by atoms with Crippen LogP contribution in [0.1, 0.15) is 88.2 Å². The number of hydrogen-bond donors (Lipinski definition) is 1. The minimum absolute atomic E-state index is 0.0860. The van der Waals surface area contributed by atoms with Crippen LogP contribution in [0, 0.1) is 40.9 Å². The molecule has 3 aliphatic rings. The number of rotatable bonds is 9.